The van der Waals surface area contributed by atoms with Gasteiger partial charge in [0.25, 0.3) is 5.91 Å². The lowest BCUT2D eigenvalue weighted by Gasteiger charge is -2.49. The van der Waals surface area contributed by atoms with Crippen molar-refractivity contribution >= 4 is 38.3 Å². The highest BCUT2D eigenvalue weighted by molar-refractivity contribution is 7.88. The molecule has 5 rings (SSSR count). The average molecular weight is 532 g/mol. The van der Waals surface area contributed by atoms with Crippen LogP contribution < -0.4 is 5.73 Å². The third-order valence-corrected chi connectivity index (χ3v) is 8.93. The number of hydrogen-bond acceptors (Lipinski definition) is 10. The van der Waals surface area contributed by atoms with Crippen molar-refractivity contribution < 1.29 is 43.2 Å². The molecule has 1 amide bonds. The third-order valence-electron chi connectivity index (χ3n) is 7.62. The van der Waals surface area contributed by atoms with Crippen molar-refractivity contribution in [1.29, 1.82) is 0 Å². The number of carbonyl (C=O) groups excluding carboxylic acids is 3. The maximum atomic E-state index is 13.8. The lowest BCUT2D eigenvalue weighted by molar-refractivity contribution is -0.134. The van der Waals surface area contributed by atoms with Crippen LogP contribution in [-0.4, -0.2) is 99.6 Å². The second-order valence-electron chi connectivity index (χ2n) is 9.64. The van der Waals surface area contributed by atoms with Crippen molar-refractivity contribution in [3.63, 3.8) is 0 Å². The van der Waals surface area contributed by atoms with E-state index in [9.17, 15) is 43.2 Å². The number of aliphatic hydroxyl groups is 2. The number of ketones is 2. The molecule has 3 aliphatic rings. The zero-order chi connectivity index (χ0) is 27.0. The van der Waals surface area contributed by atoms with Gasteiger partial charge in [0.05, 0.1) is 23.2 Å². The molecule has 1 aliphatic heterocycles. The maximum Gasteiger partial charge on any atom is 0.255 e. The number of hydrogen-bond donors (Lipinski definition) is 5. The number of piperazine rings is 1. The largest absolute Gasteiger partial charge is 0.508 e. The number of Topliss-reactive ketones (excluding diaryl/α,β-unsaturated/α-hetero) is 2. The highest BCUT2D eigenvalue weighted by atomic mass is 32.2. The van der Waals surface area contributed by atoms with E-state index in [1.165, 1.54) is 10.4 Å². The van der Waals surface area contributed by atoms with E-state index in [-0.39, 0.29) is 54.9 Å². The van der Waals surface area contributed by atoms with Gasteiger partial charge in [0, 0.05) is 32.1 Å². The van der Waals surface area contributed by atoms with Crippen molar-refractivity contribution in [2.24, 2.45) is 11.7 Å². The van der Waals surface area contributed by atoms with Crippen LogP contribution in [0.4, 0.5) is 0 Å². The van der Waals surface area contributed by atoms with Crippen LogP contribution in [0.2, 0.25) is 0 Å². The number of amides is 1. The fraction of sp³-hybridized carbons (Fsp3) is 0.375. The molecular formula is C24H25N3O9S. The number of phenols is 2. The standard InChI is InChI=1S/C24H25N3O9S/c1-37(35,36)27-7-5-26(6-8-27)18-13-10-12-9-11-3-2-4-14(28)15(11)19(29)16(12)21(31)24(13,34)22(32)17(20(18)30)23(25)33/h2-4,9,13,18,28-29,32,34H,5-8,10H2,1H3,(H2,25,33)/t13-,18+,24-/m0/s1. The molecule has 0 spiro atoms. The first-order valence-corrected chi connectivity index (χ1v) is 13.3. The van der Waals surface area contributed by atoms with Gasteiger partial charge in [-0.05, 0) is 23.4 Å². The molecule has 1 fully saturated rings. The number of phenolic OH excluding ortho intramolecular Hbond substituents is 2. The number of aliphatic hydroxyl groups excluding tert-OH is 1. The molecule has 6 N–H and O–H groups in total. The van der Waals surface area contributed by atoms with Crippen LogP contribution in [0.15, 0.2) is 35.6 Å². The molecular weight excluding hydrogens is 506 g/mol. The van der Waals surface area contributed by atoms with Crippen molar-refractivity contribution in [3.8, 4) is 11.5 Å². The number of nitrogens with two attached hydrogens (primary N) is 1. The van der Waals surface area contributed by atoms with E-state index in [1.54, 1.807) is 23.1 Å². The molecule has 2 aromatic carbocycles. The van der Waals surface area contributed by atoms with Crippen LogP contribution in [0.25, 0.3) is 10.8 Å². The second kappa shape index (κ2) is 8.25. The number of benzene rings is 2. The van der Waals surface area contributed by atoms with Crippen molar-refractivity contribution in [1.82, 2.24) is 9.21 Å². The van der Waals surface area contributed by atoms with Crippen LogP contribution in [-0.2, 0) is 26.0 Å². The Balaban J connectivity index is 1.68. The van der Waals surface area contributed by atoms with Crippen LogP contribution in [0.5, 0.6) is 11.5 Å². The Hall–Kier alpha value is -3.52. The van der Waals surface area contributed by atoms with Crippen LogP contribution in [0.1, 0.15) is 15.9 Å². The van der Waals surface area contributed by atoms with Crippen molar-refractivity contribution in [2.45, 2.75) is 18.1 Å². The minimum atomic E-state index is -3.49. The first-order valence-electron chi connectivity index (χ1n) is 11.5. The fourth-order valence-corrected chi connectivity index (χ4v) is 6.69. The monoisotopic (exact) mass is 531 g/mol. The summed E-state index contributed by atoms with van der Waals surface area (Å²) in [5.41, 5.74) is 1.60. The van der Waals surface area contributed by atoms with Gasteiger partial charge in [-0.25, -0.2) is 8.42 Å². The van der Waals surface area contributed by atoms with Crippen molar-refractivity contribution in [2.75, 3.05) is 32.4 Å². The number of rotatable bonds is 3. The smallest absolute Gasteiger partial charge is 0.255 e. The summed E-state index contributed by atoms with van der Waals surface area (Å²) in [6.07, 6.45) is 0.903. The Kier molecular flexibility index (Phi) is 5.60. The molecule has 0 saturated carbocycles. The van der Waals surface area contributed by atoms with Gasteiger partial charge in [0.1, 0.15) is 22.8 Å². The van der Waals surface area contributed by atoms with E-state index in [2.05, 4.69) is 0 Å². The van der Waals surface area contributed by atoms with Gasteiger partial charge in [-0.3, -0.25) is 19.3 Å². The molecule has 0 bridgehead atoms. The highest BCUT2D eigenvalue weighted by Crippen LogP contribution is 2.49. The van der Waals surface area contributed by atoms with E-state index in [1.807, 2.05) is 0 Å². The Bertz CT molecular complexity index is 1530. The molecule has 0 radical (unpaired) electrons. The predicted molar refractivity (Wildman–Crippen MR) is 129 cm³/mol. The highest BCUT2D eigenvalue weighted by Gasteiger charge is 2.62. The van der Waals surface area contributed by atoms with Crippen LogP contribution >= 0.6 is 0 Å². The summed E-state index contributed by atoms with van der Waals surface area (Å²) in [6.45, 7) is 0.177. The summed E-state index contributed by atoms with van der Waals surface area (Å²) in [5.74, 6) is -6.75. The zero-order valence-corrected chi connectivity index (χ0v) is 20.5. The molecule has 1 saturated heterocycles. The summed E-state index contributed by atoms with van der Waals surface area (Å²) in [5, 5.41) is 44.3. The number of aromatic hydroxyl groups is 2. The lowest BCUT2D eigenvalue weighted by Crippen LogP contribution is -2.67. The van der Waals surface area contributed by atoms with E-state index in [0.29, 0.717) is 5.39 Å². The van der Waals surface area contributed by atoms with Gasteiger partial charge in [-0.1, -0.05) is 18.2 Å². The number of primary amides is 1. The van der Waals surface area contributed by atoms with Gasteiger partial charge in [-0.2, -0.15) is 4.31 Å². The first-order chi connectivity index (χ1) is 17.3. The predicted octanol–water partition coefficient (Wildman–Crippen LogP) is -0.837. The number of fused-ring (bicyclic) bond motifs is 3. The topological polar surface area (TPSA) is 199 Å². The minimum absolute atomic E-state index is 0.0319. The number of sulfonamides is 1. The van der Waals surface area contributed by atoms with Gasteiger partial charge < -0.3 is 26.2 Å². The molecule has 3 atom stereocenters. The number of nitrogens with zero attached hydrogens (tertiary/aromatic N) is 2. The summed E-state index contributed by atoms with van der Waals surface area (Å²) < 4.78 is 25.1. The summed E-state index contributed by atoms with van der Waals surface area (Å²) in [7, 11) is -3.49. The molecule has 1 heterocycles. The van der Waals surface area contributed by atoms with E-state index in [4.69, 9.17) is 5.73 Å². The van der Waals surface area contributed by atoms with Crippen LogP contribution in [0.3, 0.4) is 0 Å². The van der Waals surface area contributed by atoms with E-state index in [0.717, 1.165) is 6.26 Å². The van der Waals surface area contributed by atoms with E-state index < -0.39 is 62.1 Å². The molecule has 37 heavy (non-hydrogen) atoms. The Morgan fingerprint density at radius 1 is 1.11 bits per heavy atom. The zero-order valence-electron chi connectivity index (χ0n) is 19.7. The molecule has 0 aromatic heterocycles. The minimum Gasteiger partial charge on any atom is -0.508 e. The van der Waals surface area contributed by atoms with Crippen LogP contribution in [0, 0.1) is 5.92 Å². The Labute approximate surface area is 211 Å². The summed E-state index contributed by atoms with van der Waals surface area (Å²) in [4.78, 5) is 41.1. The molecule has 2 aliphatic carbocycles. The molecule has 196 valence electrons. The second-order valence-corrected chi connectivity index (χ2v) is 11.6. The van der Waals surface area contributed by atoms with E-state index >= 15 is 0 Å². The number of carbonyl (C=O) groups is 3. The maximum absolute atomic E-state index is 13.8. The van der Waals surface area contributed by atoms with Gasteiger partial charge in [-0.15, -0.1) is 0 Å². The quantitative estimate of drug-likeness (QED) is 0.311. The summed E-state index contributed by atoms with van der Waals surface area (Å²) in [6, 6.07) is 4.73. The van der Waals surface area contributed by atoms with Gasteiger partial charge in [0.2, 0.25) is 15.8 Å². The molecule has 2 aromatic rings. The normalized spacial score (nSPS) is 27.3. The average Bonchev–Trinajstić information content (AvgIpc) is 2.81. The lowest BCUT2D eigenvalue weighted by atomic mass is 9.61. The molecule has 0 unspecified atom stereocenters. The van der Waals surface area contributed by atoms with Crippen molar-refractivity contribution in [3.05, 3.63) is 46.7 Å². The van der Waals surface area contributed by atoms with Gasteiger partial charge in [0.15, 0.2) is 11.4 Å². The SMILES string of the molecule is CS(=O)(=O)N1CCN([C@H]2C(=O)C(C(N)=O)=C(O)[C@@]3(O)C(=O)c4c(cc5cccc(O)c5c4O)C[C@@H]23)CC1. The fourth-order valence-electron chi connectivity index (χ4n) is 5.86. The summed E-state index contributed by atoms with van der Waals surface area (Å²) >= 11 is 0. The molecule has 13 heteroatoms. The third kappa shape index (κ3) is 3.53. The Morgan fingerprint density at radius 2 is 1.76 bits per heavy atom. The van der Waals surface area contributed by atoms with Gasteiger partial charge >= 0.3 is 0 Å². The first kappa shape index (κ1) is 25.1. The Morgan fingerprint density at radius 3 is 2.35 bits per heavy atom. The molecule has 12 nitrogen and oxygen atoms in total.